The third-order valence-corrected chi connectivity index (χ3v) is 5.43. The molecular weight excluding hydrogens is 412 g/mol. The van der Waals surface area contributed by atoms with Crippen molar-refractivity contribution in [3.05, 3.63) is 77.0 Å². The molecule has 1 atom stereocenters. The highest BCUT2D eigenvalue weighted by Gasteiger charge is 2.34. The Balaban J connectivity index is 1.79. The van der Waals surface area contributed by atoms with Gasteiger partial charge in [-0.25, -0.2) is 9.59 Å². The van der Waals surface area contributed by atoms with Crippen molar-refractivity contribution < 1.29 is 14.3 Å². The third-order valence-electron chi connectivity index (χ3n) is 5.09. The number of ether oxygens (including phenoxy) is 1. The normalized spacial score (nSPS) is 15.9. The summed E-state index contributed by atoms with van der Waals surface area (Å²) in [5, 5.41) is 9.44. The van der Waals surface area contributed by atoms with Gasteiger partial charge in [-0.05, 0) is 49.3 Å². The Morgan fingerprint density at radius 2 is 1.90 bits per heavy atom. The Morgan fingerprint density at radius 3 is 2.58 bits per heavy atom. The van der Waals surface area contributed by atoms with Crippen LogP contribution in [0, 0.1) is 0 Å². The standard InChI is InChI=1S/C23H26N4O3S/c1-4-27-15(2)19(21(28)30-3)20(26-23(27)31)17-11-8-12-18(13-17)25-22(29)24-14-16-9-6-5-7-10-16/h5-13,20H,4,14H2,1-3H3,(H,26,31)(H2,24,25,29)/t20-/m0/s1. The summed E-state index contributed by atoms with van der Waals surface area (Å²) in [6, 6.07) is 16.2. The predicted molar refractivity (Wildman–Crippen MR) is 124 cm³/mol. The molecule has 1 aliphatic rings. The van der Waals surface area contributed by atoms with E-state index in [4.69, 9.17) is 17.0 Å². The zero-order valence-corrected chi connectivity index (χ0v) is 18.6. The number of allylic oxidation sites excluding steroid dienone is 1. The van der Waals surface area contributed by atoms with Gasteiger partial charge in [-0.2, -0.15) is 0 Å². The fourth-order valence-electron chi connectivity index (χ4n) is 3.54. The molecule has 2 aromatic rings. The van der Waals surface area contributed by atoms with Gasteiger partial charge in [-0.15, -0.1) is 0 Å². The number of nitrogens with one attached hydrogen (secondary N) is 3. The molecule has 2 amide bonds. The second kappa shape index (κ2) is 10.1. The fourth-order valence-corrected chi connectivity index (χ4v) is 3.92. The second-order valence-corrected chi connectivity index (χ2v) is 7.42. The van der Waals surface area contributed by atoms with Gasteiger partial charge in [-0.3, -0.25) is 0 Å². The molecule has 0 aromatic heterocycles. The van der Waals surface area contributed by atoms with E-state index >= 15 is 0 Å². The van der Waals surface area contributed by atoms with Crippen molar-refractivity contribution in [1.29, 1.82) is 0 Å². The van der Waals surface area contributed by atoms with Crippen molar-refractivity contribution in [2.45, 2.75) is 26.4 Å². The zero-order chi connectivity index (χ0) is 22.4. The molecule has 2 aromatic carbocycles. The molecule has 3 N–H and O–H groups in total. The lowest BCUT2D eigenvalue weighted by Gasteiger charge is -2.37. The van der Waals surface area contributed by atoms with Crippen LogP contribution in [0.5, 0.6) is 0 Å². The van der Waals surface area contributed by atoms with Crippen LogP contribution in [-0.4, -0.2) is 35.7 Å². The Labute approximate surface area is 187 Å². The fraction of sp³-hybridized carbons (Fsp3) is 0.261. The molecular formula is C23H26N4O3S. The Hall–Kier alpha value is -3.39. The second-order valence-electron chi connectivity index (χ2n) is 7.04. The van der Waals surface area contributed by atoms with E-state index in [9.17, 15) is 9.59 Å². The van der Waals surface area contributed by atoms with Crippen LogP contribution in [0.4, 0.5) is 10.5 Å². The first-order chi connectivity index (χ1) is 14.9. The average molecular weight is 439 g/mol. The summed E-state index contributed by atoms with van der Waals surface area (Å²) in [5.74, 6) is -0.421. The molecule has 31 heavy (non-hydrogen) atoms. The molecule has 0 bridgehead atoms. The summed E-state index contributed by atoms with van der Waals surface area (Å²) in [4.78, 5) is 26.7. The molecule has 0 saturated carbocycles. The molecule has 3 rings (SSSR count). The van der Waals surface area contributed by atoms with E-state index in [0.29, 0.717) is 29.5 Å². The maximum absolute atomic E-state index is 12.5. The van der Waals surface area contributed by atoms with Crippen LogP contribution >= 0.6 is 12.2 Å². The first kappa shape index (κ1) is 22.3. The number of amides is 2. The van der Waals surface area contributed by atoms with Crippen LogP contribution in [0.25, 0.3) is 0 Å². The van der Waals surface area contributed by atoms with Gasteiger partial charge in [0.05, 0.1) is 18.7 Å². The molecule has 1 heterocycles. The molecule has 0 aliphatic carbocycles. The van der Waals surface area contributed by atoms with Crippen LogP contribution in [0.3, 0.4) is 0 Å². The molecule has 0 saturated heterocycles. The average Bonchev–Trinajstić information content (AvgIpc) is 2.78. The molecule has 0 fully saturated rings. The van der Waals surface area contributed by atoms with Crippen LogP contribution in [0.2, 0.25) is 0 Å². The van der Waals surface area contributed by atoms with Gasteiger partial charge >= 0.3 is 12.0 Å². The third kappa shape index (κ3) is 5.21. The number of benzene rings is 2. The van der Waals surface area contributed by atoms with Gasteiger partial charge in [0.2, 0.25) is 0 Å². The summed E-state index contributed by atoms with van der Waals surface area (Å²) in [6.45, 7) is 4.88. The number of hydrogen-bond acceptors (Lipinski definition) is 4. The summed E-state index contributed by atoms with van der Waals surface area (Å²) < 4.78 is 5.02. The smallest absolute Gasteiger partial charge is 0.337 e. The van der Waals surface area contributed by atoms with E-state index in [-0.39, 0.29) is 6.03 Å². The highest BCUT2D eigenvalue weighted by Crippen LogP contribution is 2.32. The molecule has 7 nitrogen and oxygen atoms in total. The van der Waals surface area contributed by atoms with Crippen molar-refractivity contribution in [1.82, 2.24) is 15.5 Å². The van der Waals surface area contributed by atoms with E-state index in [1.54, 1.807) is 6.07 Å². The number of hydrogen-bond donors (Lipinski definition) is 3. The number of rotatable bonds is 6. The van der Waals surface area contributed by atoms with E-state index < -0.39 is 12.0 Å². The summed E-state index contributed by atoms with van der Waals surface area (Å²) in [7, 11) is 1.36. The van der Waals surface area contributed by atoms with E-state index in [1.165, 1.54) is 7.11 Å². The van der Waals surface area contributed by atoms with Gasteiger partial charge < -0.3 is 25.6 Å². The monoisotopic (exact) mass is 438 g/mol. The topological polar surface area (TPSA) is 82.7 Å². The largest absolute Gasteiger partial charge is 0.466 e. The number of methoxy groups -OCH3 is 1. The summed E-state index contributed by atoms with van der Waals surface area (Å²) in [5.41, 5.74) is 3.65. The quantitative estimate of drug-likeness (QED) is 0.471. The molecule has 1 aliphatic heterocycles. The number of urea groups is 1. The first-order valence-corrected chi connectivity index (χ1v) is 10.4. The number of carbonyl (C=O) groups is 2. The highest BCUT2D eigenvalue weighted by atomic mass is 32.1. The summed E-state index contributed by atoms with van der Waals surface area (Å²) in [6.07, 6.45) is 0. The van der Waals surface area contributed by atoms with Gasteiger partial charge in [0.1, 0.15) is 0 Å². The van der Waals surface area contributed by atoms with Crippen LogP contribution in [0.15, 0.2) is 65.9 Å². The van der Waals surface area contributed by atoms with E-state index in [2.05, 4.69) is 16.0 Å². The minimum absolute atomic E-state index is 0.315. The Morgan fingerprint density at radius 1 is 1.16 bits per heavy atom. The van der Waals surface area contributed by atoms with E-state index in [0.717, 1.165) is 16.8 Å². The predicted octanol–water partition coefficient (Wildman–Crippen LogP) is 3.71. The van der Waals surface area contributed by atoms with Crippen LogP contribution in [0.1, 0.15) is 31.0 Å². The van der Waals surface area contributed by atoms with Crippen molar-refractivity contribution in [2.24, 2.45) is 0 Å². The Kier molecular flexibility index (Phi) is 7.25. The minimum Gasteiger partial charge on any atom is -0.466 e. The molecule has 0 spiro atoms. The van der Waals surface area contributed by atoms with Crippen LogP contribution in [-0.2, 0) is 16.1 Å². The molecule has 0 radical (unpaired) electrons. The Bertz CT molecular complexity index is 1010. The van der Waals surface area contributed by atoms with Crippen molar-refractivity contribution >= 4 is 35.0 Å². The summed E-state index contributed by atoms with van der Waals surface area (Å²) >= 11 is 5.49. The number of nitrogens with zero attached hydrogens (tertiary/aromatic N) is 1. The number of carbonyl (C=O) groups excluding carboxylic acids is 2. The maximum Gasteiger partial charge on any atom is 0.337 e. The lowest BCUT2D eigenvalue weighted by atomic mass is 9.94. The SMILES string of the molecule is CCN1C(=S)N[C@@H](c2cccc(NC(=O)NCc3ccccc3)c2)C(C(=O)OC)=C1C. The molecule has 8 heteroatoms. The molecule has 162 valence electrons. The van der Waals surface area contributed by atoms with Crippen molar-refractivity contribution in [3.63, 3.8) is 0 Å². The van der Waals surface area contributed by atoms with Crippen LogP contribution < -0.4 is 16.0 Å². The number of anilines is 1. The minimum atomic E-state index is -0.475. The molecule has 0 unspecified atom stereocenters. The number of esters is 1. The lowest BCUT2D eigenvalue weighted by Crippen LogP contribution is -2.47. The van der Waals surface area contributed by atoms with Gasteiger partial charge in [0.25, 0.3) is 0 Å². The maximum atomic E-state index is 12.5. The number of thiocarbonyl (C=S) groups is 1. The lowest BCUT2D eigenvalue weighted by molar-refractivity contribution is -0.136. The highest BCUT2D eigenvalue weighted by molar-refractivity contribution is 7.80. The van der Waals surface area contributed by atoms with Crippen molar-refractivity contribution in [2.75, 3.05) is 19.0 Å². The van der Waals surface area contributed by atoms with Gasteiger partial charge in [-0.1, -0.05) is 42.5 Å². The van der Waals surface area contributed by atoms with Gasteiger partial charge in [0.15, 0.2) is 5.11 Å². The van der Waals surface area contributed by atoms with E-state index in [1.807, 2.05) is 67.3 Å². The zero-order valence-electron chi connectivity index (χ0n) is 17.8. The first-order valence-electron chi connectivity index (χ1n) is 10.0. The van der Waals surface area contributed by atoms with Crippen molar-refractivity contribution in [3.8, 4) is 0 Å². The van der Waals surface area contributed by atoms with Gasteiger partial charge in [0, 0.05) is 24.5 Å².